The third kappa shape index (κ3) is 12.0. The first-order valence-corrected chi connectivity index (χ1v) is 26.0. The maximum absolute atomic E-state index is 15.6. The third-order valence-electron chi connectivity index (χ3n) is 12.6. The third-order valence-corrected chi connectivity index (χ3v) is 15.4. The molecule has 368 valence electrons. The van der Waals surface area contributed by atoms with E-state index in [1.807, 2.05) is 52.0 Å². The van der Waals surface area contributed by atoms with Gasteiger partial charge >= 0.3 is 0 Å². The molecule has 0 bridgehead atoms. The molecule has 1 saturated heterocycles. The van der Waals surface area contributed by atoms with Crippen LogP contribution in [0.4, 0.5) is 8.78 Å². The molecule has 5 aromatic rings. The maximum atomic E-state index is 15.6. The Labute approximate surface area is 410 Å². The van der Waals surface area contributed by atoms with Gasteiger partial charge in [0, 0.05) is 72.8 Å². The summed E-state index contributed by atoms with van der Waals surface area (Å²) in [5, 5.41) is 16.4. The van der Waals surface area contributed by atoms with E-state index in [4.69, 9.17) is 0 Å². The van der Waals surface area contributed by atoms with Gasteiger partial charge in [0.25, 0.3) is 0 Å². The average Bonchev–Trinajstić information content (AvgIpc) is 4.07. The van der Waals surface area contributed by atoms with Gasteiger partial charge in [0.2, 0.25) is 17.7 Å². The Morgan fingerprint density at radius 1 is 0.929 bits per heavy atom. The minimum atomic E-state index is -3.67. The first-order valence-electron chi connectivity index (χ1n) is 23.3. The largest absolute Gasteiger partial charge is 0.391 e. The molecule has 0 unspecified atom stereocenters. The predicted octanol–water partition coefficient (Wildman–Crippen LogP) is 8.16. The molecular formula is C53H57F2N5O8S2. The van der Waals surface area contributed by atoms with Crippen LogP contribution in [0.1, 0.15) is 115 Å². The fourth-order valence-corrected chi connectivity index (χ4v) is 11.1. The second-order valence-electron chi connectivity index (χ2n) is 19.0. The number of likely N-dealkylation sites (tertiary alicyclic amines) is 1. The standard InChI is InChI=1S/C53H57F2N5O8S2/c1-6-23-70(67,68)29-36-19-21-41(54)46(47(36)55)48(64)39-20-22-42-40(39)24-37(27-56-42)33-15-17-34(18-16-33)44(62)9-7-8-10-45(63)59-50(53(3,4)5)52(66)60-28-38(61)25-43(60)51(65)57-26-32-11-13-35(14-12-32)49-31(2)58-30-69-49/h11-21,24,27,30,38,43,50,61H,6-10,22-23,25-26,28-29H2,1-5H3,(H,57,65)(H,59,63)/t38-,43+,50-/m1/s1. The Balaban J connectivity index is 0.906. The van der Waals surface area contributed by atoms with Crippen LogP contribution in [0.15, 0.2) is 84.5 Å². The number of aryl methyl sites for hydroxylation is 1. The lowest BCUT2D eigenvalue weighted by atomic mass is 9.85. The number of aromatic nitrogens is 2. The van der Waals surface area contributed by atoms with Gasteiger partial charge in [-0.3, -0.25) is 29.0 Å². The van der Waals surface area contributed by atoms with E-state index >= 15 is 8.78 Å². The zero-order valence-electron chi connectivity index (χ0n) is 39.8. The van der Waals surface area contributed by atoms with E-state index in [1.54, 1.807) is 66.4 Å². The molecule has 3 amide bonds. The van der Waals surface area contributed by atoms with E-state index in [-0.39, 0.29) is 67.4 Å². The molecule has 7 rings (SSSR count). The molecule has 1 fully saturated rings. The highest BCUT2D eigenvalue weighted by atomic mass is 32.2. The molecule has 13 nitrogen and oxygen atoms in total. The summed E-state index contributed by atoms with van der Waals surface area (Å²) in [6.45, 7) is 9.25. The number of pyridine rings is 1. The summed E-state index contributed by atoms with van der Waals surface area (Å²) in [7, 11) is -3.67. The number of carbonyl (C=O) groups is 5. The minimum absolute atomic E-state index is 0.0489. The van der Waals surface area contributed by atoms with Crippen molar-refractivity contribution in [3.63, 3.8) is 0 Å². The number of sulfone groups is 1. The maximum Gasteiger partial charge on any atom is 0.246 e. The average molecular weight is 994 g/mol. The van der Waals surface area contributed by atoms with Crippen molar-refractivity contribution in [3.8, 4) is 21.6 Å². The quantitative estimate of drug-likeness (QED) is 0.0537. The number of halogens is 2. The van der Waals surface area contributed by atoms with E-state index < -0.39 is 74.0 Å². The van der Waals surface area contributed by atoms with Gasteiger partial charge in [0.15, 0.2) is 21.4 Å². The normalized spacial score (nSPS) is 16.1. The van der Waals surface area contributed by atoms with Crippen molar-refractivity contribution in [1.29, 1.82) is 0 Å². The predicted molar refractivity (Wildman–Crippen MR) is 264 cm³/mol. The first-order chi connectivity index (χ1) is 33.2. The summed E-state index contributed by atoms with van der Waals surface area (Å²) in [6, 6.07) is 16.3. The highest BCUT2D eigenvalue weighted by Crippen LogP contribution is 2.35. The van der Waals surface area contributed by atoms with Crippen LogP contribution >= 0.6 is 11.3 Å². The lowest BCUT2D eigenvalue weighted by Gasteiger charge is -2.35. The number of allylic oxidation sites excluding steroid dienone is 2. The zero-order chi connectivity index (χ0) is 50.5. The molecule has 3 atom stereocenters. The number of unbranched alkanes of at least 4 members (excludes halogenated alkanes) is 1. The van der Waals surface area contributed by atoms with E-state index in [9.17, 15) is 37.5 Å². The molecule has 3 N–H and O–H groups in total. The molecule has 70 heavy (non-hydrogen) atoms. The van der Waals surface area contributed by atoms with E-state index in [0.717, 1.165) is 33.8 Å². The lowest BCUT2D eigenvalue weighted by Crippen LogP contribution is -2.57. The zero-order valence-corrected chi connectivity index (χ0v) is 41.4. The molecular weight excluding hydrogens is 937 g/mol. The van der Waals surface area contributed by atoms with Crippen molar-refractivity contribution in [1.82, 2.24) is 25.5 Å². The Hall–Kier alpha value is -6.30. The summed E-state index contributed by atoms with van der Waals surface area (Å²) in [4.78, 5) is 79.0. The highest BCUT2D eigenvalue weighted by Gasteiger charge is 2.44. The molecule has 0 spiro atoms. The summed E-state index contributed by atoms with van der Waals surface area (Å²) >= 11 is 1.55. The van der Waals surface area contributed by atoms with Crippen molar-refractivity contribution >= 4 is 56.0 Å². The fourth-order valence-electron chi connectivity index (χ4n) is 8.82. The number of hydrogen-bond donors (Lipinski definition) is 3. The van der Waals surface area contributed by atoms with Crippen LogP contribution in [-0.4, -0.2) is 88.2 Å². The first kappa shape index (κ1) is 51.5. The Morgan fingerprint density at radius 2 is 1.63 bits per heavy atom. The number of amides is 3. The Bertz CT molecular complexity index is 2950. The van der Waals surface area contributed by atoms with Crippen molar-refractivity contribution in [2.75, 3.05) is 12.3 Å². The SMILES string of the molecule is CCCS(=O)(=O)Cc1ccc(F)c(C(=O)C2=CCc3ncc(-c4ccc(C(=O)CCCCC(=O)N[C@H](C(=O)N5C[C@H](O)C[C@H]5C(=O)NCc5ccc(-c6scnc6C)cc5)C(C)(C)C)cc4)cc32)c1F. The second kappa shape index (κ2) is 21.8. The lowest BCUT2D eigenvalue weighted by molar-refractivity contribution is -0.144. The second-order valence-corrected chi connectivity index (χ2v) is 22.0. The van der Waals surface area contributed by atoms with Gasteiger partial charge < -0.3 is 20.6 Å². The number of fused-ring (bicyclic) bond motifs is 1. The number of hydrogen-bond acceptors (Lipinski definition) is 11. The highest BCUT2D eigenvalue weighted by molar-refractivity contribution is 7.90. The van der Waals surface area contributed by atoms with Gasteiger partial charge in [-0.25, -0.2) is 22.2 Å². The van der Waals surface area contributed by atoms with E-state index in [2.05, 4.69) is 20.6 Å². The number of aliphatic hydroxyl groups is 1. The van der Waals surface area contributed by atoms with Crippen LogP contribution in [0, 0.1) is 24.0 Å². The number of rotatable bonds is 19. The molecule has 2 aromatic heterocycles. The smallest absolute Gasteiger partial charge is 0.246 e. The van der Waals surface area contributed by atoms with Crippen molar-refractivity contribution in [2.45, 2.75) is 110 Å². The summed E-state index contributed by atoms with van der Waals surface area (Å²) < 4.78 is 55.5. The van der Waals surface area contributed by atoms with Crippen molar-refractivity contribution < 1.29 is 46.3 Å². The molecule has 2 aliphatic rings. The summed E-state index contributed by atoms with van der Waals surface area (Å²) in [5.74, 6) is -5.45. The van der Waals surface area contributed by atoms with Gasteiger partial charge in [0.1, 0.15) is 23.7 Å². The number of Topliss-reactive ketones (excluding diaryl/α,β-unsaturated/α-hetero) is 2. The molecule has 3 aromatic carbocycles. The number of β-amino-alcohol motifs (C(OH)–C–C–N with tert-alkyl or cyclic N) is 1. The van der Waals surface area contributed by atoms with Crippen LogP contribution in [-0.2, 0) is 42.9 Å². The molecule has 0 radical (unpaired) electrons. The fraction of sp³-hybridized carbons (Fsp3) is 0.377. The monoisotopic (exact) mass is 993 g/mol. The number of benzene rings is 3. The number of nitrogens with zero attached hydrogens (tertiary/aromatic N) is 3. The van der Waals surface area contributed by atoms with Gasteiger partial charge in [0.05, 0.1) is 44.9 Å². The number of carbonyl (C=O) groups excluding carboxylic acids is 5. The van der Waals surface area contributed by atoms with Gasteiger partial charge in [-0.1, -0.05) is 88.4 Å². The van der Waals surface area contributed by atoms with Crippen LogP contribution in [0.25, 0.3) is 27.1 Å². The van der Waals surface area contributed by atoms with Crippen LogP contribution in [0.5, 0.6) is 0 Å². The summed E-state index contributed by atoms with van der Waals surface area (Å²) in [5.41, 5.74) is 5.48. The summed E-state index contributed by atoms with van der Waals surface area (Å²) in [6.07, 6.45) is 3.86. The molecule has 17 heteroatoms. The van der Waals surface area contributed by atoms with Gasteiger partial charge in [-0.15, -0.1) is 11.3 Å². The number of thiazole rings is 1. The minimum Gasteiger partial charge on any atom is -0.391 e. The van der Waals surface area contributed by atoms with Crippen molar-refractivity contribution in [3.05, 3.63) is 135 Å². The van der Waals surface area contributed by atoms with Crippen LogP contribution in [0.2, 0.25) is 0 Å². The Morgan fingerprint density at radius 3 is 2.30 bits per heavy atom. The number of ketones is 2. The molecule has 1 aliphatic carbocycles. The Kier molecular flexibility index (Phi) is 16.0. The number of nitrogens with one attached hydrogen (secondary N) is 2. The van der Waals surface area contributed by atoms with Gasteiger partial charge in [-0.2, -0.15) is 0 Å². The van der Waals surface area contributed by atoms with E-state index in [0.29, 0.717) is 47.2 Å². The molecule has 1 aliphatic heterocycles. The molecule has 3 heterocycles. The molecule has 0 saturated carbocycles. The van der Waals surface area contributed by atoms with Gasteiger partial charge in [-0.05, 0) is 60.4 Å². The van der Waals surface area contributed by atoms with Crippen LogP contribution in [0.3, 0.4) is 0 Å². The van der Waals surface area contributed by atoms with E-state index in [1.165, 1.54) is 4.90 Å². The number of aliphatic hydroxyl groups excluding tert-OH is 1. The van der Waals surface area contributed by atoms with Crippen molar-refractivity contribution in [2.24, 2.45) is 5.41 Å². The topological polar surface area (TPSA) is 193 Å². The van der Waals surface area contributed by atoms with Crippen LogP contribution < -0.4 is 10.6 Å².